The summed E-state index contributed by atoms with van der Waals surface area (Å²) in [5.74, 6) is 0.0823. The van der Waals surface area contributed by atoms with Crippen LogP contribution >= 0.6 is 0 Å². The molecule has 0 unspecified atom stereocenters. The first-order valence-electron chi connectivity index (χ1n) is 7.40. The number of amides is 1. The molecule has 0 bridgehead atoms. The summed E-state index contributed by atoms with van der Waals surface area (Å²) in [6.45, 7) is 2.76. The van der Waals surface area contributed by atoms with Gasteiger partial charge >= 0.3 is 0 Å². The number of fused-ring (bicyclic) bond motifs is 1. The molecule has 3 heteroatoms. The van der Waals surface area contributed by atoms with Crippen LogP contribution in [0, 0.1) is 6.92 Å². The molecule has 0 aromatic heterocycles. The molecule has 0 aliphatic carbocycles. The Kier molecular flexibility index (Phi) is 3.91. The van der Waals surface area contributed by atoms with Crippen LogP contribution in [0.2, 0.25) is 0 Å². The number of anilines is 1. The van der Waals surface area contributed by atoms with Gasteiger partial charge in [-0.15, -0.1) is 0 Å². The molecule has 3 nitrogen and oxygen atoms in total. The molecule has 21 heavy (non-hydrogen) atoms. The third kappa shape index (κ3) is 3.24. The molecule has 2 aromatic carbocycles. The highest BCUT2D eigenvalue weighted by Crippen LogP contribution is 2.24. The van der Waals surface area contributed by atoms with E-state index in [1.54, 1.807) is 0 Å². The van der Waals surface area contributed by atoms with E-state index in [0.717, 1.165) is 18.5 Å². The van der Waals surface area contributed by atoms with Crippen molar-refractivity contribution in [2.75, 3.05) is 11.9 Å². The van der Waals surface area contributed by atoms with Crippen LogP contribution in [0.1, 0.15) is 16.7 Å². The van der Waals surface area contributed by atoms with Crippen molar-refractivity contribution in [3.63, 3.8) is 0 Å². The van der Waals surface area contributed by atoms with E-state index in [1.807, 2.05) is 18.2 Å². The van der Waals surface area contributed by atoms with Gasteiger partial charge in [-0.25, -0.2) is 0 Å². The Labute approximate surface area is 125 Å². The van der Waals surface area contributed by atoms with Crippen LogP contribution in [0.15, 0.2) is 48.5 Å². The van der Waals surface area contributed by atoms with E-state index in [2.05, 4.69) is 47.9 Å². The molecule has 108 valence electrons. The lowest BCUT2D eigenvalue weighted by molar-refractivity contribution is -0.121. The molecule has 0 radical (unpaired) electrons. The monoisotopic (exact) mass is 280 g/mol. The fourth-order valence-electron chi connectivity index (χ4n) is 2.78. The molecule has 0 spiro atoms. The minimum Gasteiger partial charge on any atom is -0.373 e. The highest BCUT2D eigenvalue weighted by molar-refractivity contribution is 5.87. The number of rotatable bonds is 4. The molecule has 1 aliphatic heterocycles. The standard InChI is InChI=1S/C18H20N2O/c1-13-5-4-6-14(11-13)9-10-19-18(21)17-12-15-7-2-3-8-16(15)20-17/h2-8,11,17,20H,9-10,12H2,1H3,(H,19,21)/t17-/m0/s1. The van der Waals surface area contributed by atoms with Gasteiger partial charge in [-0.05, 0) is 30.5 Å². The number of benzene rings is 2. The maximum atomic E-state index is 12.2. The van der Waals surface area contributed by atoms with E-state index in [1.165, 1.54) is 16.7 Å². The van der Waals surface area contributed by atoms with E-state index in [9.17, 15) is 4.79 Å². The molecule has 3 rings (SSSR count). The third-order valence-corrected chi connectivity index (χ3v) is 3.88. The second-order valence-electron chi connectivity index (χ2n) is 5.59. The molecule has 1 atom stereocenters. The summed E-state index contributed by atoms with van der Waals surface area (Å²) < 4.78 is 0. The average Bonchev–Trinajstić information content (AvgIpc) is 2.91. The van der Waals surface area contributed by atoms with E-state index < -0.39 is 0 Å². The topological polar surface area (TPSA) is 41.1 Å². The number of aryl methyl sites for hydroxylation is 1. The first-order chi connectivity index (χ1) is 10.2. The largest absolute Gasteiger partial charge is 0.373 e. The molecule has 2 N–H and O–H groups in total. The van der Waals surface area contributed by atoms with Crippen LogP contribution in [0.5, 0.6) is 0 Å². The molecular formula is C18H20N2O. The summed E-state index contributed by atoms with van der Waals surface area (Å²) >= 11 is 0. The quantitative estimate of drug-likeness (QED) is 0.904. The van der Waals surface area contributed by atoms with Crippen LogP contribution in [0.3, 0.4) is 0 Å². The molecule has 2 aromatic rings. The highest BCUT2D eigenvalue weighted by Gasteiger charge is 2.25. The van der Waals surface area contributed by atoms with Crippen LogP contribution in [-0.4, -0.2) is 18.5 Å². The van der Waals surface area contributed by atoms with Gasteiger partial charge in [0.1, 0.15) is 6.04 Å². The second-order valence-corrected chi connectivity index (χ2v) is 5.59. The highest BCUT2D eigenvalue weighted by atomic mass is 16.2. The Hall–Kier alpha value is -2.29. The molecule has 0 fully saturated rings. The minimum atomic E-state index is -0.139. The molecule has 1 heterocycles. The summed E-state index contributed by atoms with van der Waals surface area (Å²) in [6.07, 6.45) is 1.64. The van der Waals surface area contributed by atoms with Gasteiger partial charge < -0.3 is 10.6 Å². The van der Waals surface area contributed by atoms with Gasteiger partial charge in [0.25, 0.3) is 0 Å². The normalized spacial score (nSPS) is 16.1. The molecule has 0 saturated carbocycles. The Morgan fingerprint density at radius 1 is 1.24 bits per heavy atom. The Morgan fingerprint density at radius 3 is 2.90 bits per heavy atom. The van der Waals surface area contributed by atoms with Gasteiger partial charge in [0.15, 0.2) is 0 Å². The Morgan fingerprint density at radius 2 is 2.10 bits per heavy atom. The average molecular weight is 280 g/mol. The molecule has 0 saturated heterocycles. The summed E-state index contributed by atoms with van der Waals surface area (Å²) in [6, 6.07) is 16.4. The summed E-state index contributed by atoms with van der Waals surface area (Å²) in [4.78, 5) is 12.2. The van der Waals surface area contributed by atoms with Gasteiger partial charge in [0.05, 0.1) is 0 Å². The summed E-state index contributed by atoms with van der Waals surface area (Å²) in [7, 11) is 0. The number of para-hydroxylation sites is 1. The maximum absolute atomic E-state index is 12.2. The number of carbonyl (C=O) groups is 1. The maximum Gasteiger partial charge on any atom is 0.242 e. The van der Waals surface area contributed by atoms with E-state index in [4.69, 9.17) is 0 Å². The third-order valence-electron chi connectivity index (χ3n) is 3.88. The van der Waals surface area contributed by atoms with E-state index in [0.29, 0.717) is 6.54 Å². The molecule has 1 amide bonds. The number of carbonyl (C=O) groups excluding carboxylic acids is 1. The number of hydrogen-bond acceptors (Lipinski definition) is 2. The van der Waals surface area contributed by atoms with E-state index >= 15 is 0 Å². The van der Waals surface area contributed by atoms with Crippen molar-refractivity contribution in [1.29, 1.82) is 0 Å². The zero-order chi connectivity index (χ0) is 14.7. The Bertz CT molecular complexity index is 626. The fraction of sp³-hybridized carbons (Fsp3) is 0.278. The summed E-state index contributed by atoms with van der Waals surface area (Å²) in [5, 5.41) is 6.31. The summed E-state index contributed by atoms with van der Waals surface area (Å²) in [5.41, 5.74) is 4.82. The lowest BCUT2D eigenvalue weighted by Gasteiger charge is -2.12. The van der Waals surface area contributed by atoms with E-state index in [-0.39, 0.29) is 11.9 Å². The molecular weight excluding hydrogens is 260 g/mol. The van der Waals surface area contributed by atoms with Crippen molar-refractivity contribution in [1.82, 2.24) is 5.32 Å². The van der Waals surface area contributed by atoms with Crippen LogP contribution in [-0.2, 0) is 17.6 Å². The van der Waals surface area contributed by atoms with Crippen LogP contribution in [0.4, 0.5) is 5.69 Å². The zero-order valence-electron chi connectivity index (χ0n) is 12.2. The number of hydrogen-bond donors (Lipinski definition) is 2. The van der Waals surface area contributed by atoms with Gasteiger partial charge in [-0.1, -0.05) is 48.0 Å². The van der Waals surface area contributed by atoms with Crippen molar-refractivity contribution in [2.24, 2.45) is 0 Å². The predicted molar refractivity (Wildman–Crippen MR) is 85.4 cm³/mol. The predicted octanol–water partition coefficient (Wildman–Crippen LogP) is 2.69. The smallest absolute Gasteiger partial charge is 0.242 e. The van der Waals surface area contributed by atoms with Crippen molar-refractivity contribution >= 4 is 11.6 Å². The van der Waals surface area contributed by atoms with Crippen LogP contribution < -0.4 is 10.6 Å². The second kappa shape index (κ2) is 6.00. The Balaban J connectivity index is 1.50. The van der Waals surface area contributed by atoms with Gasteiger partial charge in [-0.3, -0.25) is 4.79 Å². The van der Waals surface area contributed by atoms with Crippen molar-refractivity contribution in [3.05, 3.63) is 65.2 Å². The van der Waals surface area contributed by atoms with Crippen molar-refractivity contribution in [2.45, 2.75) is 25.8 Å². The van der Waals surface area contributed by atoms with Gasteiger partial charge in [-0.2, -0.15) is 0 Å². The minimum absolute atomic E-state index is 0.0823. The van der Waals surface area contributed by atoms with Crippen LogP contribution in [0.25, 0.3) is 0 Å². The zero-order valence-corrected chi connectivity index (χ0v) is 12.2. The SMILES string of the molecule is Cc1cccc(CCNC(=O)[C@@H]2Cc3ccccc3N2)c1. The van der Waals surface area contributed by atoms with Gasteiger partial charge in [0, 0.05) is 18.7 Å². The number of nitrogens with one attached hydrogen (secondary N) is 2. The first kappa shape index (κ1) is 13.7. The van der Waals surface area contributed by atoms with Gasteiger partial charge in [0.2, 0.25) is 5.91 Å². The fourth-order valence-corrected chi connectivity index (χ4v) is 2.78. The lowest BCUT2D eigenvalue weighted by Crippen LogP contribution is -2.39. The lowest BCUT2D eigenvalue weighted by atomic mass is 10.1. The van der Waals surface area contributed by atoms with Crippen molar-refractivity contribution < 1.29 is 4.79 Å². The molecule has 1 aliphatic rings. The van der Waals surface area contributed by atoms with Crippen molar-refractivity contribution in [3.8, 4) is 0 Å². The first-order valence-corrected chi connectivity index (χ1v) is 7.40.